The van der Waals surface area contributed by atoms with Crippen LogP contribution in [-0.2, 0) is 39.0 Å². The van der Waals surface area contributed by atoms with E-state index in [2.05, 4.69) is 0 Å². The van der Waals surface area contributed by atoms with Crippen molar-refractivity contribution in [3.63, 3.8) is 0 Å². The number of aldehydes is 1. The van der Waals surface area contributed by atoms with Gasteiger partial charge in [-0.2, -0.15) is 0 Å². The van der Waals surface area contributed by atoms with Crippen LogP contribution in [0.1, 0.15) is 43.7 Å². The van der Waals surface area contributed by atoms with Crippen molar-refractivity contribution in [3.05, 3.63) is 41.0 Å². The van der Waals surface area contributed by atoms with E-state index in [0.29, 0.717) is 41.6 Å². The molecular weight excluding hydrogens is 400 g/mol. The van der Waals surface area contributed by atoms with Gasteiger partial charge in [0.05, 0.1) is 20.1 Å². The highest BCUT2D eigenvalue weighted by atomic mass is 16.5. The summed E-state index contributed by atoms with van der Waals surface area (Å²) in [4.78, 5) is 50.3. The monoisotopic (exact) mass is 428 g/mol. The minimum Gasteiger partial charge on any atom is -0.496 e. The second-order valence-electron chi connectivity index (χ2n) is 8.17. The lowest BCUT2D eigenvalue weighted by molar-refractivity contribution is -0.152. The van der Waals surface area contributed by atoms with Crippen molar-refractivity contribution >= 4 is 29.6 Å². The highest BCUT2D eigenvalue weighted by molar-refractivity contribution is 6.06. The van der Waals surface area contributed by atoms with Gasteiger partial charge in [-0.05, 0) is 26.2 Å². The normalized spacial score (nSPS) is 27.8. The molecule has 2 aliphatic rings. The number of fused-ring (bicyclic) bond motifs is 1. The van der Waals surface area contributed by atoms with E-state index >= 15 is 0 Å². The summed E-state index contributed by atoms with van der Waals surface area (Å²) in [6.45, 7) is 1.50. The number of benzene rings is 1. The number of methoxy groups -OCH3 is 3. The fourth-order valence-corrected chi connectivity index (χ4v) is 4.91. The van der Waals surface area contributed by atoms with Crippen molar-refractivity contribution in [2.75, 3.05) is 21.3 Å². The molecule has 0 N–H and O–H groups in total. The third kappa shape index (κ3) is 3.94. The maximum Gasteiger partial charge on any atom is 0.309 e. The van der Waals surface area contributed by atoms with Gasteiger partial charge in [0, 0.05) is 42.1 Å². The molecule has 0 radical (unpaired) electrons. The Bertz CT molecular complexity index is 932. The molecule has 0 aliphatic heterocycles. The Morgan fingerprint density at radius 2 is 1.77 bits per heavy atom. The molecule has 1 fully saturated rings. The average Bonchev–Trinajstić information content (AvgIpc) is 2.81. The van der Waals surface area contributed by atoms with Crippen molar-refractivity contribution in [2.45, 2.75) is 38.2 Å². The Balaban J connectivity index is 2.08. The number of hydrogen-bond donors (Lipinski definition) is 0. The first-order valence-corrected chi connectivity index (χ1v) is 10.3. The minimum absolute atomic E-state index is 0.00236. The zero-order chi connectivity index (χ0) is 22.8. The highest BCUT2D eigenvalue weighted by Gasteiger charge is 2.47. The van der Waals surface area contributed by atoms with E-state index in [1.807, 2.05) is 0 Å². The van der Waals surface area contributed by atoms with Crippen LogP contribution in [0.15, 0.2) is 29.8 Å². The summed E-state index contributed by atoms with van der Waals surface area (Å²) in [6, 6.07) is 7.16. The van der Waals surface area contributed by atoms with Gasteiger partial charge in [-0.3, -0.25) is 19.2 Å². The molecule has 1 aromatic carbocycles. The molecule has 1 saturated carbocycles. The first kappa shape index (κ1) is 22.9. The van der Waals surface area contributed by atoms with Gasteiger partial charge in [-0.15, -0.1) is 0 Å². The predicted molar refractivity (Wildman–Crippen MR) is 112 cm³/mol. The van der Waals surface area contributed by atoms with Crippen molar-refractivity contribution in [1.29, 1.82) is 0 Å². The number of Topliss-reactive ketones (excluding diaryl/α,β-unsaturated/α-hetero) is 2. The number of ketones is 2. The standard InChI is InChI=1S/C24H28O7/c1-14(26)15-9-10-16(18(11-15)23(28)30-3)21(27)19-12-24(13-25,31-4)20-8-6-5-7-17(20)22(19)29-2/h5-8,13,15-16,18H,9-12H2,1-4H3. The van der Waals surface area contributed by atoms with Crippen molar-refractivity contribution in [2.24, 2.45) is 17.8 Å². The maximum atomic E-state index is 13.8. The Kier molecular flexibility index (Phi) is 6.74. The third-order valence-electron chi connectivity index (χ3n) is 6.66. The molecule has 1 aromatic rings. The van der Waals surface area contributed by atoms with Crippen LogP contribution in [0.2, 0.25) is 0 Å². The lowest BCUT2D eigenvalue weighted by Gasteiger charge is -2.38. The quantitative estimate of drug-likeness (QED) is 0.487. The van der Waals surface area contributed by atoms with Crippen LogP contribution in [0.25, 0.3) is 5.76 Å². The summed E-state index contributed by atoms with van der Waals surface area (Å²) >= 11 is 0. The van der Waals surface area contributed by atoms with Crippen molar-refractivity contribution < 1.29 is 33.4 Å². The van der Waals surface area contributed by atoms with E-state index in [1.54, 1.807) is 24.3 Å². The van der Waals surface area contributed by atoms with E-state index in [-0.39, 0.29) is 30.3 Å². The SMILES string of the molecule is COC(=O)C1CC(C(C)=O)CCC1C(=O)C1=C(OC)c2ccccc2C(C=O)(OC)C1. The third-order valence-corrected chi connectivity index (χ3v) is 6.66. The van der Waals surface area contributed by atoms with E-state index in [4.69, 9.17) is 14.2 Å². The van der Waals surface area contributed by atoms with Crippen LogP contribution in [-0.4, -0.2) is 45.2 Å². The first-order valence-electron chi connectivity index (χ1n) is 10.3. The lowest BCUT2D eigenvalue weighted by Crippen LogP contribution is -2.41. The summed E-state index contributed by atoms with van der Waals surface area (Å²) < 4.78 is 16.2. The van der Waals surface area contributed by atoms with Gasteiger partial charge in [-0.25, -0.2) is 0 Å². The van der Waals surface area contributed by atoms with Gasteiger partial charge >= 0.3 is 5.97 Å². The van der Waals surface area contributed by atoms with Gasteiger partial charge in [0.2, 0.25) is 0 Å². The van der Waals surface area contributed by atoms with Crippen LogP contribution < -0.4 is 0 Å². The topological polar surface area (TPSA) is 96.0 Å². The maximum absolute atomic E-state index is 13.8. The van der Waals surface area contributed by atoms with Crippen LogP contribution >= 0.6 is 0 Å². The minimum atomic E-state index is -1.32. The fourth-order valence-electron chi connectivity index (χ4n) is 4.91. The fraction of sp³-hybridized carbons (Fsp3) is 0.500. The molecule has 0 aromatic heterocycles. The van der Waals surface area contributed by atoms with Crippen LogP contribution in [0.4, 0.5) is 0 Å². The molecule has 4 unspecified atom stereocenters. The van der Waals surface area contributed by atoms with Gasteiger partial charge < -0.3 is 14.2 Å². The number of carbonyl (C=O) groups is 4. The highest BCUT2D eigenvalue weighted by Crippen LogP contribution is 2.46. The van der Waals surface area contributed by atoms with E-state index < -0.39 is 23.4 Å². The number of carbonyl (C=O) groups excluding carboxylic acids is 4. The molecule has 7 heteroatoms. The van der Waals surface area contributed by atoms with Gasteiger partial charge in [0.15, 0.2) is 17.7 Å². The van der Waals surface area contributed by atoms with Crippen LogP contribution in [0.3, 0.4) is 0 Å². The molecule has 0 bridgehead atoms. The molecule has 2 aliphatic carbocycles. The number of hydrogen-bond acceptors (Lipinski definition) is 7. The average molecular weight is 428 g/mol. The second-order valence-corrected chi connectivity index (χ2v) is 8.17. The molecule has 31 heavy (non-hydrogen) atoms. The Labute approximate surface area is 181 Å². The van der Waals surface area contributed by atoms with Crippen molar-refractivity contribution in [1.82, 2.24) is 0 Å². The summed E-state index contributed by atoms with van der Waals surface area (Å²) in [5.74, 6) is -2.05. The molecule has 0 heterocycles. The van der Waals surface area contributed by atoms with Gasteiger partial charge in [0.1, 0.15) is 11.5 Å². The lowest BCUT2D eigenvalue weighted by atomic mass is 9.68. The van der Waals surface area contributed by atoms with Gasteiger partial charge in [0.25, 0.3) is 0 Å². The Morgan fingerprint density at radius 3 is 2.35 bits per heavy atom. The predicted octanol–water partition coefficient (Wildman–Crippen LogP) is 2.85. The Hall–Kier alpha value is -2.80. The van der Waals surface area contributed by atoms with Crippen molar-refractivity contribution in [3.8, 4) is 0 Å². The molecule has 3 rings (SSSR count). The number of ether oxygens (including phenoxy) is 3. The second kappa shape index (κ2) is 9.14. The zero-order valence-corrected chi connectivity index (χ0v) is 18.3. The van der Waals surface area contributed by atoms with Crippen LogP contribution in [0.5, 0.6) is 0 Å². The molecule has 0 saturated heterocycles. The number of esters is 1. The molecule has 0 amide bonds. The largest absolute Gasteiger partial charge is 0.496 e. The zero-order valence-electron chi connectivity index (χ0n) is 18.3. The van der Waals surface area contributed by atoms with Crippen LogP contribution in [0, 0.1) is 17.8 Å². The van der Waals surface area contributed by atoms with E-state index in [9.17, 15) is 19.2 Å². The van der Waals surface area contributed by atoms with Gasteiger partial charge in [-0.1, -0.05) is 24.3 Å². The molecule has 4 atom stereocenters. The number of rotatable bonds is 7. The summed E-state index contributed by atoms with van der Waals surface area (Å²) in [5, 5.41) is 0. The summed E-state index contributed by atoms with van der Waals surface area (Å²) in [5.41, 5.74) is 0.239. The first-order chi connectivity index (χ1) is 14.8. The smallest absolute Gasteiger partial charge is 0.309 e. The molecule has 7 nitrogen and oxygen atoms in total. The summed E-state index contributed by atoms with van der Waals surface area (Å²) in [7, 11) is 4.19. The Morgan fingerprint density at radius 1 is 1.06 bits per heavy atom. The van der Waals surface area contributed by atoms with E-state index in [0.717, 1.165) is 0 Å². The molecule has 166 valence electrons. The molecular formula is C24H28O7. The van der Waals surface area contributed by atoms with E-state index in [1.165, 1.54) is 28.3 Å². The summed E-state index contributed by atoms with van der Waals surface area (Å²) in [6.07, 6.45) is 1.89. The molecule has 0 spiro atoms.